The average Bonchev–Trinajstić information content (AvgIpc) is 3.22. The Morgan fingerprint density at radius 3 is 2.83 bits per heavy atom. The van der Waals surface area contributed by atoms with E-state index in [-0.39, 0.29) is 18.1 Å². The maximum atomic E-state index is 11.6. The van der Waals surface area contributed by atoms with Crippen molar-refractivity contribution in [2.45, 2.75) is 50.3 Å². The van der Waals surface area contributed by atoms with Crippen molar-refractivity contribution in [2.75, 3.05) is 26.9 Å². The van der Waals surface area contributed by atoms with E-state index in [4.69, 9.17) is 14.2 Å². The number of carbonyl (C=O) groups is 1. The minimum absolute atomic E-state index is 0.193. The van der Waals surface area contributed by atoms with E-state index in [2.05, 4.69) is 5.32 Å². The Labute approximate surface area is 108 Å². The molecule has 2 fully saturated rings. The molecule has 0 bridgehead atoms. The molecule has 104 valence electrons. The van der Waals surface area contributed by atoms with Gasteiger partial charge in [0.2, 0.25) is 0 Å². The molecule has 1 saturated heterocycles. The molecule has 0 amide bonds. The van der Waals surface area contributed by atoms with E-state index in [1.165, 1.54) is 13.5 Å². The maximum absolute atomic E-state index is 11.6. The first-order valence-electron chi connectivity index (χ1n) is 6.83. The summed E-state index contributed by atoms with van der Waals surface area (Å²) in [4.78, 5) is 11.6. The third-order valence-corrected chi connectivity index (χ3v) is 3.36. The third kappa shape index (κ3) is 4.55. The predicted octanol–water partition coefficient (Wildman–Crippen LogP) is 0.866. The van der Waals surface area contributed by atoms with E-state index in [9.17, 15) is 4.79 Å². The molecule has 0 radical (unpaired) electrons. The lowest BCUT2D eigenvalue weighted by molar-refractivity contribution is -0.145. The lowest BCUT2D eigenvalue weighted by atomic mass is 10.1. The Bertz CT molecular complexity index is 262. The second-order valence-corrected chi connectivity index (χ2v) is 5.04. The van der Waals surface area contributed by atoms with Gasteiger partial charge < -0.3 is 14.2 Å². The van der Waals surface area contributed by atoms with Gasteiger partial charge in [-0.15, -0.1) is 0 Å². The van der Waals surface area contributed by atoms with Crippen molar-refractivity contribution in [3.05, 3.63) is 0 Å². The van der Waals surface area contributed by atoms with Gasteiger partial charge in [0.1, 0.15) is 6.04 Å². The molecular weight excluding hydrogens is 234 g/mol. The maximum Gasteiger partial charge on any atom is 0.325 e. The minimum Gasteiger partial charge on any atom is -0.468 e. The molecule has 0 aromatic carbocycles. The minimum atomic E-state index is -0.342. The van der Waals surface area contributed by atoms with Gasteiger partial charge in [0.15, 0.2) is 0 Å². The van der Waals surface area contributed by atoms with Crippen LogP contribution in [0.3, 0.4) is 0 Å². The molecule has 1 aliphatic carbocycles. The first-order valence-corrected chi connectivity index (χ1v) is 6.83. The van der Waals surface area contributed by atoms with Crippen molar-refractivity contribution in [3.8, 4) is 0 Å². The number of carbonyl (C=O) groups excluding carboxylic acids is 1. The van der Waals surface area contributed by atoms with E-state index in [1.807, 2.05) is 0 Å². The first-order chi connectivity index (χ1) is 8.79. The summed E-state index contributed by atoms with van der Waals surface area (Å²) in [6.07, 6.45) is 5.87. The number of methoxy groups -OCH3 is 1. The highest BCUT2D eigenvalue weighted by molar-refractivity contribution is 5.75. The van der Waals surface area contributed by atoms with Gasteiger partial charge in [-0.25, -0.2) is 0 Å². The van der Waals surface area contributed by atoms with Crippen LogP contribution in [0.4, 0.5) is 0 Å². The molecule has 18 heavy (non-hydrogen) atoms. The van der Waals surface area contributed by atoms with Crippen molar-refractivity contribution in [3.63, 3.8) is 0 Å². The lowest BCUT2D eigenvalue weighted by Gasteiger charge is -2.23. The molecule has 1 heterocycles. The number of esters is 1. The van der Waals surface area contributed by atoms with Crippen LogP contribution in [0.25, 0.3) is 0 Å². The zero-order valence-corrected chi connectivity index (χ0v) is 11.0. The number of hydrogen-bond acceptors (Lipinski definition) is 5. The monoisotopic (exact) mass is 257 g/mol. The summed E-state index contributed by atoms with van der Waals surface area (Å²) < 4.78 is 15.9. The van der Waals surface area contributed by atoms with Crippen LogP contribution in [0.5, 0.6) is 0 Å². The van der Waals surface area contributed by atoms with Crippen LogP contribution in [0.1, 0.15) is 32.1 Å². The standard InChI is InChI=1S/C13H23NO4/c1-16-13(15)12(14-10-5-6-10)9-17-8-11-4-2-3-7-18-11/h10-12,14H,2-9H2,1H3. The van der Waals surface area contributed by atoms with Crippen LogP contribution < -0.4 is 5.32 Å². The van der Waals surface area contributed by atoms with Crippen molar-refractivity contribution in [1.82, 2.24) is 5.32 Å². The van der Waals surface area contributed by atoms with E-state index in [0.29, 0.717) is 19.3 Å². The van der Waals surface area contributed by atoms with Gasteiger partial charge in [-0.3, -0.25) is 10.1 Å². The zero-order valence-electron chi connectivity index (χ0n) is 11.0. The average molecular weight is 257 g/mol. The number of nitrogens with one attached hydrogen (secondary N) is 1. The van der Waals surface area contributed by atoms with Gasteiger partial charge in [0.05, 0.1) is 26.4 Å². The molecule has 0 spiro atoms. The highest BCUT2D eigenvalue weighted by Gasteiger charge is 2.29. The van der Waals surface area contributed by atoms with Gasteiger partial charge in [0.25, 0.3) is 0 Å². The largest absolute Gasteiger partial charge is 0.468 e. The molecule has 5 heteroatoms. The Morgan fingerprint density at radius 2 is 2.22 bits per heavy atom. The van der Waals surface area contributed by atoms with Crippen molar-refractivity contribution in [2.24, 2.45) is 0 Å². The van der Waals surface area contributed by atoms with Crippen LogP contribution in [-0.4, -0.2) is 51.1 Å². The molecule has 0 aromatic rings. The summed E-state index contributed by atoms with van der Waals surface area (Å²) in [7, 11) is 1.41. The molecule has 0 aromatic heterocycles. The summed E-state index contributed by atoms with van der Waals surface area (Å²) in [5.74, 6) is -0.244. The Hall–Kier alpha value is -0.650. The molecular formula is C13H23NO4. The number of rotatable bonds is 7. The second kappa shape index (κ2) is 7.07. The quantitative estimate of drug-likeness (QED) is 0.686. The van der Waals surface area contributed by atoms with Gasteiger partial charge in [-0.05, 0) is 32.1 Å². The van der Waals surface area contributed by atoms with E-state index < -0.39 is 0 Å². The molecule has 2 unspecified atom stereocenters. The Balaban J connectivity index is 1.65. The molecule has 2 aliphatic rings. The summed E-state index contributed by atoms with van der Waals surface area (Å²) in [6.45, 7) is 1.76. The fraction of sp³-hybridized carbons (Fsp3) is 0.923. The Kier molecular flexibility index (Phi) is 5.41. The van der Waals surface area contributed by atoms with Crippen LogP contribution in [0.2, 0.25) is 0 Å². The second-order valence-electron chi connectivity index (χ2n) is 5.04. The highest BCUT2D eigenvalue weighted by Crippen LogP contribution is 2.20. The molecule has 1 aliphatic heterocycles. The van der Waals surface area contributed by atoms with Crippen LogP contribution in [0, 0.1) is 0 Å². The van der Waals surface area contributed by atoms with Crippen LogP contribution in [-0.2, 0) is 19.0 Å². The molecule has 1 saturated carbocycles. The van der Waals surface area contributed by atoms with E-state index in [0.717, 1.165) is 32.3 Å². The fourth-order valence-corrected chi connectivity index (χ4v) is 2.12. The SMILES string of the molecule is COC(=O)C(COCC1CCCCO1)NC1CC1. The molecule has 1 N–H and O–H groups in total. The molecule has 2 rings (SSSR count). The topological polar surface area (TPSA) is 56.8 Å². The van der Waals surface area contributed by atoms with Crippen molar-refractivity contribution >= 4 is 5.97 Å². The van der Waals surface area contributed by atoms with Gasteiger partial charge >= 0.3 is 5.97 Å². The fourth-order valence-electron chi connectivity index (χ4n) is 2.12. The van der Waals surface area contributed by atoms with Gasteiger partial charge in [-0.2, -0.15) is 0 Å². The zero-order chi connectivity index (χ0) is 12.8. The number of hydrogen-bond donors (Lipinski definition) is 1. The van der Waals surface area contributed by atoms with Crippen molar-refractivity contribution < 1.29 is 19.0 Å². The van der Waals surface area contributed by atoms with Crippen LogP contribution >= 0.6 is 0 Å². The summed E-state index contributed by atoms with van der Waals surface area (Å²) in [6, 6.07) is 0.120. The van der Waals surface area contributed by atoms with Crippen LogP contribution in [0.15, 0.2) is 0 Å². The lowest BCUT2D eigenvalue weighted by Crippen LogP contribution is -2.43. The number of ether oxygens (including phenoxy) is 3. The summed E-state index contributed by atoms with van der Waals surface area (Å²) in [5.41, 5.74) is 0. The smallest absolute Gasteiger partial charge is 0.325 e. The van der Waals surface area contributed by atoms with Gasteiger partial charge in [-0.1, -0.05) is 0 Å². The molecule has 2 atom stereocenters. The predicted molar refractivity (Wildman–Crippen MR) is 66.4 cm³/mol. The third-order valence-electron chi connectivity index (χ3n) is 3.36. The summed E-state index contributed by atoms with van der Waals surface area (Å²) >= 11 is 0. The first kappa shape index (κ1) is 13.8. The normalized spacial score (nSPS) is 25.7. The molecule has 5 nitrogen and oxygen atoms in total. The van der Waals surface area contributed by atoms with Crippen molar-refractivity contribution in [1.29, 1.82) is 0 Å². The van der Waals surface area contributed by atoms with E-state index >= 15 is 0 Å². The highest BCUT2D eigenvalue weighted by atomic mass is 16.5. The van der Waals surface area contributed by atoms with Gasteiger partial charge in [0, 0.05) is 12.6 Å². The van der Waals surface area contributed by atoms with E-state index in [1.54, 1.807) is 0 Å². The summed E-state index contributed by atoms with van der Waals surface area (Å²) in [5, 5.41) is 3.24. The Morgan fingerprint density at radius 1 is 1.39 bits per heavy atom.